The van der Waals surface area contributed by atoms with Crippen LogP contribution in [0.2, 0.25) is 0 Å². The molecule has 2 heterocycles. The highest BCUT2D eigenvalue weighted by Crippen LogP contribution is 2.43. The van der Waals surface area contributed by atoms with Crippen molar-refractivity contribution in [3.8, 4) is 0 Å². The molecule has 0 saturated heterocycles. The molecule has 0 bridgehead atoms. The van der Waals surface area contributed by atoms with E-state index in [9.17, 15) is 18.4 Å². The number of aromatic nitrogens is 3. The summed E-state index contributed by atoms with van der Waals surface area (Å²) in [6, 6.07) is 7.57. The average Bonchev–Trinajstić information content (AvgIpc) is 2.97. The van der Waals surface area contributed by atoms with Crippen molar-refractivity contribution in [3.05, 3.63) is 53.7 Å². The topological polar surface area (TPSA) is 76.9 Å². The Labute approximate surface area is 165 Å². The van der Waals surface area contributed by atoms with E-state index in [1.165, 1.54) is 6.07 Å². The van der Waals surface area contributed by atoms with Crippen LogP contribution in [0.5, 0.6) is 0 Å². The maximum atomic E-state index is 13.7. The van der Waals surface area contributed by atoms with Crippen molar-refractivity contribution in [2.75, 3.05) is 5.32 Å². The van der Waals surface area contributed by atoms with Crippen LogP contribution in [0.4, 0.5) is 14.5 Å². The van der Waals surface area contributed by atoms with Gasteiger partial charge in [-0.2, -0.15) is 5.10 Å². The van der Waals surface area contributed by atoms with E-state index in [1.807, 2.05) is 0 Å². The number of carbonyl (C=O) groups excluding carboxylic acids is 2. The van der Waals surface area contributed by atoms with Crippen LogP contribution in [-0.2, 0) is 7.05 Å². The van der Waals surface area contributed by atoms with Crippen molar-refractivity contribution in [1.29, 1.82) is 0 Å². The standard InChI is InChI=1S/C21H20F2N4O2/c1-21(23)9-12(10-21)7-18(28)19-15-5-4-14(8-17(15)27(2)26-19)25-20(29)16-6-3-13(22)11-24-16/h3-6,8,11-12H,7,9-10H2,1-2H3,(H,25,29). The van der Waals surface area contributed by atoms with Gasteiger partial charge in [0.25, 0.3) is 5.91 Å². The molecule has 150 valence electrons. The third-order valence-corrected chi connectivity index (χ3v) is 5.24. The fraction of sp³-hybridized carbons (Fsp3) is 0.333. The zero-order valence-electron chi connectivity index (χ0n) is 16.1. The zero-order chi connectivity index (χ0) is 20.8. The minimum absolute atomic E-state index is 0.0522. The van der Waals surface area contributed by atoms with Gasteiger partial charge in [0.1, 0.15) is 22.9 Å². The van der Waals surface area contributed by atoms with Crippen LogP contribution in [-0.4, -0.2) is 32.1 Å². The van der Waals surface area contributed by atoms with E-state index in [2.05, 4.69) is 15.4 Å². The lowest BCUT2D eigenvalue weighted by atomic mass is 9.71. The maximum absolute atomic E-state index is 13.7. The first-order valence-electron chi connectivity index (χ1n) is 9.34. The third kappa shape index (κ3) is 3.87. The van der Waals surface area contributed by atoms with Crippen molar-refractivity contribution in [2.24, 2.45) is 13.0 Å². The Morgan fingerprint density at radius 2 is 2.03 bits per heavy atom. The minimum Gasteiger partial charge on any atom is -0.321 e. The molecule has 1 aliphatic rings. The molecule has 0 spiro atoms. The molecule has 3 aromatic rings. The number of hydrogen-bond donors (Lipinski definition) is 1. The molecule has 29 heavy (non-hydrogen) atoms. The molecule has 0 aliphatic heterocycles. The highest BCUT2D eigenvalue weighted by Gasteiger charge is 2.41. The van der Waals surface area contributed by atoms with Gasteiger partial charge in [-0.05, 0) is 56.0 Å². The summed E-state index contributed by atoms with van der Waals surface area (Å²) in [5, 5.41) is 7.71. The maximum Gasteiger partial charge on any atom is 0.274 e. The van der Waals surface area contributed by atoms with E-state index in [1.54, 1.807) is 36.9 Å². The SMILES string of the molecule is Cn1nc(C(=O)CC2CC(C)(F)C2)c2ccc(NC(=O)c3ccc(F)cn3)cc21. The molecule has 6 nitrogen and oxygen atoms in total. The number of aryl methyl sites for hydroxylation is 1. The van der Waals surface area contributed by atoms with Gasteiger partial charge in [-0.25, -0.2) is 13.8 Å². The molecule has 0 radical (unpaired) electrons. The smallest absolute Gasteiger partial charge is 0.274 e. The zero-order valence-corrected chi connectivity index (χ0v) is 16.1. The first kappa shape index (κ1) is 19.2. The summed E-state index contributed by atoms with van der Waals surface area (Å²) in [7, 11) is 1.72. The van der Waals surface area contributed by atoms with Crippen LogP contribution in [0, 0.1) is 11.7 Å². The van der Waals surface area contributed by atoms with Crippen LogP contribution >= 0.6 is 0 Å². The number of nitrogens with zero attached hydrogens (tertiary/aromatic N) is 3. The summed E-state index contributed by atoms with van der Waals surface area (Å²) >= 11 is 0. The minimum atomic E-state index is -1.16. The number of rotatable bonds is 5. The van der Waals surface area contributed by atoms with Crippen molar-refractivity contribution in [3.63, 3.8) is 0 Å². The lowest BCUT2D eigenvalue weighted by Crippen LogP contribution is -2.37. The fourth-order valence-corrected chi connectivity index (χ4v) is 3.89. The van der Waals surface area contributed by atoms with Crippen molar-refractivity contribution in [2.45, 2.75) is 31.9 Å². The first-order valence-corrected chi connectivity index (χ1v) is 9.34. The average molecular weight is 398 g/mol. The van der Waals surface area contributed by atoms with Crippen molar-refractivity contribution in [1.82, 2.24) is 14.8 Å². The lowest BCUT2D eigenvalue weighted by Gasteiger charge is -2.38. The fourth-order valence-electron chi connectivity index (χ4n) is 3.89. The highest BCUT2D eigenvalue weighted by atomic mass is 19.1. The predicted molar refractivity (Wildman–Crippen MR) is 104 cm³/mol. The van der Waals surface area contributed by atoms with Crippen LogP contribution in [0.25, 0.3) is 10.9 Å². The number of Topliss-reactive ketones (excluding diaryl/α,β-unsaturated/α-hetero) is 1. The number of halogens is 2. The third-order valence-electron chi connectivity index (χ3n) is 5.24. The largest absolute Gasteiger partial charge is 0.321 e. The molecule has 4 rings (SSSR count). The summed E-state index contributed by atoms with van der Waals surface area (Å²) in [5.41, 5.74) is 0.467. The molecule has 8 heteroatoms. The molecule has 0 atom stereocenters. The summed E-state index contributed by atoms with van der Waals surface area (Å²) in [4.78, 5) is 28.7. The molecule has 1 saturated carbocycles. The second-order valence-corrected chi connectivity index (χ2v) is 7.83. The predicted octanol–water partition coefficient (Wildman–Crippen LogP) is 4.07. The molecular formula is C21H20F2N4O2. The number of carbonyl (C=O) groups is 2. The van der Waals surface area contributed by atoms with Crippen molar-refractivity contribution >= 4 is 28.3 Å². The second-order valence-electron chi connectivity index (χ2n) is 7.83. The molecule has 1 fully saturated rings. The van der Waals surface area contributed by atoms with Gasteiger partial charge in [0.15, 0.2) is 5.78 Å². The molecule has 1 aromatic carbocycles. The van der Waals surface area contributed by atoms with Crippen LogP contribution in [0.1, 0.15) is 47.2 Å². The Hall–Kier alpha value is -3.16. The monoisotopic (exact) mass is 398 g/mol. The molecular weight excluding hydrogens is 378 g/mol. The molecule has 0 unspecified atom stereocenters. The van der Waals surface area contributed by atoms with Gasteiger partial charge in [0.2, 0.25) is 0 Å². The number of anilines is 1. The summed E-state index contributed by atoms with van der Waals surface area (Å²) in [6.45, 7) is 1.56. The highest BCUT2D eigenvalue weighted by molar-refractivity contribution is 6.08. The summed E-state index contributed by atoms with van der Waals surface area (Å²) in [6.07, 6.45) is 2.05. The Morgan fingerprint density at radius 1 is 1.28 bits per heavy atom. The van der Waals surface area contributed by atoms with Crippen LogP contribution in [0.15, 0.2) is 36.5 Å². The van der Waals surface area contributed by atoms with E-state index < -0.39 is 17.4 Å². The van der Waals surface area contributed by atoms with Gasteiger partial charge in [-0.15, -0.1) is 0 Å². The van der Waals surface area contributed by atoms with Gasteiger partial charge >= 0.3 is 0 Å². The number of ketones is 1. The van der Waals surface area contributed by atoms with E-state index >= 15 is 0 Å². The first-order chi connectivity index (χ1) is 13.7. The number of fused-ring (bicyclic) bond motifs is 1. The lowest BCUT2D eigenvalue weighted by molar-refractivity contribution is 0.0220. The summed E-state index contributed by atoms with van der Waals surface area (Å²) in [5.74, 6) is -1.05. The Kier molecular flexibility index (Phi) is 4.64. The number of benzene rings is 1. The van der Waals surface area contributed by atoms with E-state index in [0.29, 0.717) is 35.1 Å². The van der Waals surface area contributed by atoms with Gasteiger partial charge < -0.3 is 5.32 Å². The number of alkyl halides is 1. The normalized spacial score (nSPS) is 21.0. The molecule has 1 N–H and O–H groups in total. The number of nitrogens with one attached hydrogen (secondary N) is 1. The van der Waals surface area contributed by atoms with E-state index in [0.717, 1.165) is 12.3 Å². The Balaban J connectivity index is 1.52. The van der Waals surface area contributed by atoms with Gasteiger partial charge in [0.05, 0.1) is 11.7 Å². The van der Waals surface area contributed by atoms with Gasteiger partial charge in [-0.1, -0.05) is 0 Å². The number of pyridine rings is 1. The Bertz CT molecular complexity index is 1100. The molecule has 1 aliphatic carbocycles. The number of amides is 1. The van der Waals surface area contributed by atoms with Gasteiger partial charge in [0, 0.05) is 24.5 Å². The van der Waals surface area contributed by atoms with Crippen LogP contribution in [0.3, 0.4) is 0 Å². The Morgan fingerprint density at radius 3 is 2.69 bits per heavy atom. The second kappa shape index (κ2) is 7.02. The van der Waals surface area contributed by atoms with Crippen LogP contribution < -0.4 is 5.32 Å². The summed E-state index contributed by atoms with van der Waals surface area (Å²) < 4.78 is 28.2. The van der Waals surface area contributed by atoms with E-state index in [4.69, 9.17) is 0 Å². The molecule has 2 aromatic heterocycles. The number of hydrogen-bond acceptors (Lipinski definition) is 4. The van der Waals surface area contributed by atoms with Crippen molar-refractivity contribution < 1.29 is 18.4 Å². The molecule has 1 amide bonds. The quantitative estimate of drug-likeness (QED) is 0.658. The van der Waals surface area contributed by atoms with Gasteiger partial charge in [-0.3, -0.25) is 14.3 Å². The van der Waals surface area contributed by atoms with E-state index in [-0.39, 0.29) is 23.8 Å².